The summed E-state index contributed by atoms with van der Waals surface area (Å²) in [6, 6.07) is 11.4. The first-order valence-electron chi connectivity index (χ1n) is 7.26. The number of alkyl carbamates (subject to hydrolysis) is 1. The van der Waals surface area contributed by atoms with Gasteiger partial charge < -0.3 is 10.1 Å². The number of rotatable bonds is 3. The van der Waals surface area contributed by atoms with E-state index in [4.69, 9.17) is 4.74 Å². The zero-order valence-corrected chi connectivity index (χ0v) is 13.4. The van der Waals surface area contributed by atoms with Crippen LogP contribution in [-0.4, -0.2) is 17.5 Å². The Morgan fingerprint density at radius 1 is 1.05 bits per heavy atom. The number of carbonyl (C=O) groups is 2. The van der Waals surface area contributed by atoms with Crippen molar-refractivity contribution in [1.82, 2.24) is 5.32 Å². The highest BCUT2D eigenvalue weighted by molar-refractivity contribution is 6.07. The van der Waals surface area contributed by atoms with Crippen molar-refractivity contribution in [1.29, 1.82) is 0 Å². The van der Waals surface area contributed by atoms with Crippen molar-refractivity contribution < 1.29 is 14.3 Å². The first-order chi connectivity index (χ1) is 10.3. The summed E-state index contributed by atoms with van der Waals surface area (Å²) in [5.74, 6) is 0.0304. The monoisotopic (exact) mass is 299 g/mol. The summed E-state index contributed by atoms with van der Waals surface area (Å²) in [5, 5.41) is 4.62. The molecule has 1 N–H and O–H groups in total. The van der Waals surface area contributed by atoms with Gasteiger partial charge in [-0.25, -0.2) is 4.79 Å². The molecule has 0 bridgehead atoms. The lowest BCUT2D eigenvalue weighted by molar-refractivity contribution is 0.0523. The average molecular weight is 299 g/mol. The highest BCUT2D eigenvalue weighted by atomic mass is 16.6. The molecule has 0 saturated carbocycles. The Bertz CT molecular complexity index is 714. The lowest BCUT2D eigenvalue weighted by atomic mass is 9.97. The first-order valence-corrected chi connectivity index (χ1v) is 7.26. The highest BCUT2D eigenvalue weighted by Gasteiger charge is 2.16. The van der Waals surface area contributed by atoms with E-state index in [9.17, 15) is 9.59 Å². The van der Waals surface area contributed by atoms with Crippen LogP contribution in [0.2, 0.25) is 0 Å². The van der Waals surface area contributed by atoms with E-state index in [0.717, 1.165) is 16.3 Å². The predicted molar refractivity (Wildman–Crippen MR) is 87.0 cm³/mol. The zero-order chi connectivity index (χ0) is 16.3. The van der Waals surface area contributed by atoms with Crippen LogP contribution in [0, 0.1) is 0 Å². The van der Waals surface area contributed by atoms with Crippen LogP contribution < -0.4 is 5.32 Å². The maximum absolute atomic E-state index is 11.8. The van der Waals surface area contributed by atoms with Crippen LogP contribution in [-0.2, 0) is 11.3 Å². The van der Waals surface area contributed by atoms with Crippen LogP contribution in [0.3, 0.4) is 0 Å². The van der Waals surface area contributed by atoms with Gasteiger partial charge in [0.1, 0.15) is 5.60 Å². The minimum absolute atomic E-state index is 0.0304. The summed E-state index contributed by atoms with van der Waals surface area (Å²) in [6.45, 7) is 7.38. The topological polar surface area (TPSA) is 55.4 Å². The van der Waals surface area contributed by atoms with E-state index in [1.165, 1.54) is 0 Å². The van der Waals surface area contributed by atoms with Crippen molar-refractivity contribution in [2.45, 2.75) is 39.8 Å². The maximum Gasteiger partial charge on any atom is 0.407 e. The Kier molecular flexibility index (Phi) is 4.50. The van der Waals surface area contributed by atoms with E-state index >= 15 is 0 Å². The average Bonchev–Trinajstić information content (AvgIpc) is 2.42. The number of hydrogen-bond donors (Lipinski definition) is 1. The number of fused-ring (bicyclic) bond motifs is 1. The van der Waals surface area contributed by atoms with Gasteiger partial charge in [0.15, 0.2) is 5.78 Å². The van der Waals surface area contributed by atoms with Gasteiger partial charge in [0.25, 0.3) is 0 Å². The Balaban J connectivity index is 2.24. The summed E-state index contributed by atoms with van der Waals surface area (Å²) in [6.07, 6.45) is -0.452. The number of carbonyl (C=O) groups excluding carboxylic acids is 2. The van der Waals surface area contributed by atoms with E-state index in [1.54, 1.807) is 13.0 Å². The molecule has 0 aliphatic carbocycles. The smallest absolute Gasteiger partial charge is 0.407 e. The first kappa shape index (κ1) is 16.0. The van der Waals surface area contributed by atoms with Crippen molar-refractivity contribution in [3.05, 3.63) is 47.5 Å². The molecular weight excluding hydrogens is 278 g/mol. The van der Waals surface area contributed by atoms with Crippen LogP contribution in [0.1, 0.15) is 43.6 Å². The number of ketones is 1. The standard InChI is InChI=1S/C18H21NO3/c1-12(20)14-10-9-13(15-7-5-6-8-16(14)15)11-19-17(21)22-18(2,3)4/h5-10H,11H2,1-4H3,(H,19,21). The Labute approximate surface area is 130 Å². The Hall–Kier alpha value is -2.36. The summed E-state index contributed by atoms with van der Waals surface area (Å²) in [7, 11) is 0. The fourth-order valence-corrected chi connectivity index (χ4v) is 2.30. The number of hydrogen-bond acceptors (Lipinski definition) is 3. The molecule has 0 spiro atoms. The number of benzene rings is 2. The quantitative estimate of drug-likeness (QED) is 0.869. The van der Waals surface area contributed by atoms with E-state index in [2.05, 4.69) is 5.32 Å². The fourth-order valence-electron chi connectivity index (χ4n) is 2.30. The molecule has 0 aromatic heterocycles. The third kappa shape index (κ3) is 3.85. The van der Waals surface area contributed by atoms with Crippen molar-refractivity contribution >= 4 is 22.6 Å². The molecule has 0 atom stereocenters. The molecule has 2 rings (SSSR count). The third-order valence-corrected chi connectivity index (χ3v) is 3.22. The van der Waals surface area contributed by atoms with Gasteiger partial charge >= 0.3 is 6.09 Å². The van der Waals surface area contributed by atoms with Gasteiger partial charge in [0.2, 0.25) is 0 Å². The van der Waals surface area contributed by atoms with E-state index < -0.39 is 11.7 Å². The maximum atomic E-state index is 11.8. The summed E-state index contributed by atoms with van der Waals surface area (Å²) in [5.41, 5.74) is 1.12. The molecule has 1 amide bonds. The van der Waals surface area contributed by atoms with Crippen molar-refractivity contribution in [3.8, 4) is 0 Å². The van der Waals surface area contributed by atoms with E-state index in [1.807, 2.05) is 51.1 Å². The summed E-state index contributed by atoms with van der Waals surface area (Å²) in [4.78, 5) is 23.5. The van der Waals surface area contributed by atoms with E-state index in [0.29, 0.717) is 12.1 Å². The van der Waals surface area contributed by atoms with Crippen LogP contribution in [0.25, 0.3) is 10.8 Å². The van der Waals surface area contributed by atoms with Gasteiger partial charge in [-0.15, -0.1) is 0 Å². The van der Waals surface area contributed by atoms with Gasteiger partial charge in [0, 0.05) is 12.1 Å². The highest BCUT2D eigenvalue weighted by Crippen LogP contribution is 2.23. The molecule has 0 heterocycles. The molecule has 0 fully saturated rings. The van der Waals surface area contributed by atoms with Crippen molar-refractivity contribution in [3.63, 3.8) is 0 Å². The summed E-state index contributed by atoms with van der Waals surface area (Å²) >= 11 is 0. The Morgan fingerprint density at radius 2 is 1.68 bits per heavy atom. The Morgan fingerprint density at radius 3 is 2.27 bits per heavy atom. The molecule has 4 heteroatoms. The lowest BCUT2D eigenvalue weighted by Crippen LogP contribution is -2.32. The van der Waals surface area contributed by atoms with Crippen molar-refractivity contribution in [2.24, 2.45) is 0 Å². The number of ether oxygens (including phenoxy) is 1. The molecule has 0 radical (unpaired) electrons. The third-order valence-electron chi connectivity index (χ3n) is 3.22. The second-order valence-corrected chi connectivity index (χ2v) is 6.23. The van der Waals surface area contributed by atoms with Gasteiger partial charge in [-0.3, -0.25) is 4.79 Å². The molecule has 0 unspecified atom stereocenters. The van der Waals surface area contributed by atoms with Gasteiger partial charge in [0.05, 0.1) is 0 Å². The van der Waals surface area contributed by atoms with Gasteiger partial charge in [-0.1, -0.05) is 36.4 Å². The number of amides is 1. The molecule has 22 heavy (non-hydrogen) atoms. The molecule has 4 nitrogen and oxygen atoms in total. The molecular formula is C18H21NO3. The van der Waals surface area contributed by atoms with Crippen LogP contribution >= 0.6 is 0 Å². The molecule has 0 saturated heterocycles. The minimum Gasteiger partial charge on any atom is -0.444 e. The van der Waals surface area contributed by atoms with Crippen LogP contribution in [0.5, 0.6) is 0 Å². The molecule has 0 aliphatic rings. The number of nitrogens with one attached hydrogen (secondary N) is 1. The minimum atomic E-state index is -0.523. The number of Topliss-reactive ketones (excluding diaryl/α,β-unsaturated/α-hetero) is 1. The molecule has 2 aromatic carbocycles. The SMILES string of the molecule is CC(=O)c1ccc(CNC(=O)OC(C)(C)C)c2ccccc12. The predicted octanol–water partition coefficient (Wildman–Crippen LogP) is 4.07. The normalized spacial score (nSPS) is 11.3. The molecule has 2 aromatic rings. The van der Waals surface area contributed by atoms with E-state index in [-0.39, 0.29) is 5.78 Å². The van der Waals surface area contributed by atoms with Gasteiger partial charge in [-0.2, -0.15) is 0 Å². The lowest BCUT2D eigenvalue weighted by Gasteiger charge is -2.20. The zero-order valence-electron chi connectivity index (χ0n) is 13.4. The van der Waals surface area contributed by atoms with Crippen LogP contribution in [0.15, 0.2) is 36.4 Å². The largest absolute Gasteiger partial charge is 0.444 e. The second kappa shape index (κ2) is 6.18. The summed E-state index contributed by atoms with van der Waals surface area (Å²) < 4.78 is 5.23. The molecule has 116 valence electrons. The fraction of sp³-hybridized carbons (Fsp3) is 0.333. The second-order valence-electron chi connectivity index (χ2n) is 6.23. The van der Waals surface area contributed by atoms with Crippen LogP contribution in [0.4, 0.5) is 4.79 Å². The molecule has 0 aliphatic heterocycles. The van der Waals surface area contributed by atoms with Crippen molar-refractivity contribution in [2.75, 3.05) is 0 Å². The van der Waals surface area contributed by atoms with Gasteiger partial charge in [-0.05, 0) is 44.0 Å².